The van der Waals surface area contributed by atoms with Crippen molar-refractivity contribution in [3.8, 4) is 5.75 Å². The standard InChI is InChI=1S/C19H20ClN3O2S/c1-25-17-6-5-14(8-15(17)20)21-19(26)22-9-12-7-13(11-22)16-3-2-4-18(24)23(16)10-12/h2-6,8,12-13H,7,9-11H2,1H3,(H,21,26). The van der Waals surface area contributed by atoms with Crippen molar-refractivity contribution in [2.45, 2.75) is 18.9 Å². The number of thiocarbonyl (C=S) groups is 1. The largest absolute Gasteiger partial charge is 0.495 e. The number of anilines is 1. The van der Waals surface area contributed by atoms with Crippen LogP contribution in [-0.2, 0) is 6.54 Å². The molecule has 0 radical (unpaired) electrons. The third-order valence-corrected chi connectivity index (χ3v) is 5.83. The second-order valence-corrected chi connectivity index (χ2v) is 7.68. The molecule has 136 valence electrons. The number of ether oxygens (including phenoxy) is 1. The van der Waals surface area contributed by atoms with Gasteiger partial charge in [0.25, 0.3) is 5.56 Å². The summed E-state index contributed by atoms with van der Waals surface area (Å²) >= 11 is 11.8. The summed E-state index contributed by atoms with van der Waals surface area (Å²) in [6, 6.07) is 11.1. The van der Waals surface area contributed by atoms with Gasteiger partial charge in [-0.1, -0.05) is 17.7 Å². The van der Waals surface area contributed by atoms with Crippen LogP contribution in [0.15, 0.2) is 41.2 Å². The van der Waals surface area contributed by atoms with Crippen LogP contribution in [0.2, 0.25) is 5.02 Å². The molecule has 2 aromatic rings. The van der Waals surface area contributed by atoms with Gasteiger partial charge in [0, 0.05) is 43.0 Å². The quantitative estimate of drug-likeness (QED) is 0.798. The summed E-state index contributed by atoms with van der Waals surface area (Å²) in [4.78, 5) is 14.3. The summed E-state index contributed by atoms with van der Waals surface area (Å²) in [5.74, 6) is 1.40. The summed E-state index contributed by atoms with van der Waals surface area (Å²) in [5, 5.41) is 4.51. The van der Waals surface area contributed by atoms with Crippen molar-refractivity contribution in [2.24, 2.45) is 5.92 Å². The summed E-state index contributed by atoms with van der Waals surface area (Å²) in [5.41, 5.74) is 2.06. The number of halogens is 1. The van der Waals surface area contributed by atoms with Gasteiger partial charge in [0.1, 0.15) is 5.75 Å². The van der Waals surface area contributed by atoms with Crippen LogP contribution in [0.3, 0.4) is 0 Å². The van der Waals surface area contributed by atoms with E-state index in [1.54, 1.807) is 13.2 Å². The van der Waals surface area contributed by atoms with E-state index in [1.807, 2.05) is 28.8 Å². The third-order valence-electron chi connectivity index (χ3n) is 5.17. The van der Waals surface area contributed by atoms with Crippen LogP contribution in [0.4, 0.5) is 5.69 Å². The molecule has 2 atom stereocenters. The lowest BCUT2D eigenvalue weighted by atomic mass is 9.83. The lowest BCUT2D eigenvalue weighted by Gasteiger charge is -2.43. The molecule has 2 bridgehead atoms. The minimum Gasteiger partial charge on any atom is -0.495 e. The molecule has 5 nitrogen and oxygen atoms in total. The predicted octanol–water partition coefficient (Wildman–Crippen LogP) is 3.33. The maximum atomic E-state index is 12.1. The molecule has 1 fully saturated rings. The maximum Gasteiger partial charge on any atom is 0.250 e. The minimum absolute atomic E-state index is 0.0965. The Balaban J connectivity index is 1.51. The number of fused-ring (bicyclic) bond motifs is 4. The van der Waals surface area contributed by atoms with Gasteiger partial charge in [0.2, 0.25) is 0 Å². The highest BCUT2D eigenvalue weighted by Gasteiger charge is 2.35. The zero-order valence-corrected chi connectivity index (χ0v) is 16.0. The molecule has 2 aliphatic heterocycles. The van der Waals surface area contributed by atoms with E-state index in [9.17, 15) is 4.79 Å². The van der Waals surface area contributed by atoms with Gasteiger partial charge in [-0.3, -0.25) is 4.79 Å². The first-order chi connectivity index (χ1) is 12.5. The first kappa shape index (κ1) is 17.4. The number of piperidine rings is 1. The number of methoxy groups -OCH3 is 1. The van der Waals surface area contributed by atoms with Crippen molar-refractivity contribution in [1.29, 1.82) is 0 Å². The Morgan fingerprint density at radius 2 is 2.12 bits per heavy atom. The second kappa shape index (κ2) is 6.93. The van der Waals surface area contributed by atoms with Crippen LogP contribution in [0, 0.1) is 5.92 Å². The third kappa shape index (κ3) is 3.19. The molecule has 1 aromatic carbocycles. The molecule has 0 saturated carbocycles. The zero-order chi connectivity index (χ0) is 18.3. The Hall–Kier alpha value is -2.05. The fraction of sp³-hybridized carbons (Fsp3) is 0.368. The van der Waals surface area contributed by atoms with E-state index >= 15 is 0 Å². The molecular weight excluding hydrogens is 370 g/mol. The fourth-order valence-corrected chi connectivity index (χ4v) is 4.53. The Labute approximate surface area is 162 Å². The molecule has 0 spiro atoms. The van der Waals surface area contributed by atoms with Gasteiger partial charge in [0.15, 0.2) is 5.11 Å². The normalized spacial score (nSPS) is 21.1. The van der Waals surface area contributed by atoms with Crippen LogP contribution in [-0.4, -0.2) is 34.8 Å². The summed E-state index contributed by atoms with van der Waals surface area (Å²) in [6.07, 6.45) is 1.11. The van der Waals surface area contributed by atoms with Crippen molar-refractivity contribution in [3.05, 3.63) is 57.5 Å². The smallest absolute Gasteiger partial charge is 0.250 e. The molecule has 26 heavy (non-hydrogen) atoms. The molecular formula is C19H20ClN3O2S. The van der Waals surface area contributed by atoms with E-state index in [4.69, 9.17) is 28.6 Å². The summed E-state index contributed by atoms with van der Waals surface area (Å²) in [7, 11) is 1.59. The number of nitrogens with one attached hydrogen (secondary N) is 1. The van der Waals surface area contributed by atoms with Gasteiger partial charge in [-0.05, 0) is 48.8 Å². The van der Waals surface area contributed by atoms with Gasteiger partial charge >= 0.3 is 0 Å². The molecule has 0 amide bonds. The minimum atomic E-state index is 0.0965. The SMILES string of the molecule is COc1ccc(NC(=S)N2CC3CC(C2)c2cccc(=O)n2C3)cc1Cl. The van der Waals surface area contributed by atoms with Gasteiger partial charge < -0.3 is 19.5 Å². The van der Waals surface area contributed by atoms with Gasteiger partial charge in [0.05, 0.1) is 12.1 Å². The molecule has 4 rings (SSSR count). The van der Waals surface area contributed by atoms with Crippen molar-refractivity contribution < 1.29 is 4.74 Å². The van der Waals surface area contributed by atoms with E-state index in [1.165, 1.54) is 0 Å². The summed E-state index contributed by atoms with van der Waals surface area (Å²) in [6.45, 7) is 2.43. The van der Waals surface area contributed by atoms with Crippen molar-refractivity contribution in [1.82, 2.24) is 9.47 Å². The van der Waals surface area contributed by atoms with Gasteiger partial charge in [-0.2, -0.15) is 0 Å². The van der Waals surface area contributed by atoms with Crippen LogP contribution < -0.4 is 15.6 Å². The first-order valence-electron chi connectivity index (χ1n) is 8.64. The van der Waals surface area contributed by atoms with Crippen molar-refractivity contribution >= 4 is 34.6 Å². The van der Waals surface area contributed by atoms with E-state index in [2.05, 4.69) is 16.3 Å². The Morgan fingerprint density at radius 1 is 1.27 bits per heavy atom. The number of nitrogens with zero attached hydrogens (tertiary/aromatic N) is 2. The predicted molar refractivity (Wildman–Crippen MR) is 107 cm³/mol. The van der Waals surface area contributed by atoms with Crippen LogP contribution >= 0.6 is 23.8 Å². The summed E-state index contributed by atoms with van der Waals surface area (Å²) < 4.78 is 7.11. The highest BCUT2D eigenvalue weighted by atomic mass is 35.5. The molecule has 0 aliphatic carbocycles. The number of likely N-dealkylation sites (tertiary alicyclic amines) is 1. The van der Waals surface area contributed by atoms with Crippen LogP contribution in [0.5, 0.6) is 5.75 Å². The molecule has 7 heteroatoms. The molecule has 1 aromatic heterocycles. The van der Waals surface area contributed by atoms with E-state index < -0.39 is 0 Å². The average Bonchev–Trinajstić information content (AvgIpc) is 2.63. The number of benzene rings is 1. The monoisotopic (exact) mass is 389 g/mol. The lowest BCUT2D eigenvalue weighted by Crippen LogP contribution is -2.50. The van der Waals surface area contributed by atoms with E-state index in [-0.39, 0.29) is 5.56 Å². The highest BCUT2D eigenvalue weighted by Crippen LogP contribution is 2.35. The first-order valence-corrected chi connectivity index (χ1v) is 9.43. The number of pyridine rings is 1. The lowest BCUT2D eigenvalue weighted by molar-refractivity contribution is 0.180. The van der Waals surface area contributed by atoms with E-state index in [0.717, 1.165) is 37.4 Å². The fourth-order valence-electron chi connectivity index (χ4n) is 4.01. The Bertz CT molecular complexity index is 914. The van der Waals surface area contributed by atoms with Crippen molar-refractivity contribution in [2.75, 3.05) is 25.5 Å². The number of rotatable bonds is 2. The van der Waals surface area contributed by atoms with Crippen LogP contribution in [0.1, 0.15) is 18.0 Å². The molecule has 1 N–H and O–H groups in total. The zero-order valence-electron chi connectivity index (χ0n) is 14.4. The molecule has 1 saturated heterocycles. The Morgan fingerprint density at radius 3 is 2.88 bits per heavy atom. The molecule has 3 heterocycles. The molecule has 2 unspecified atom stereocenters. The van der Waals surface area contributed by atoms with Crippen LogP contribution in [0.25, 0.3) is 0 Å². The average molecular weight is 390 g/mol. The maximum absolute atomic E-state index is 12.1. The highest BCUT2D eigenvalue weighted by molar-refractivity contribution is 7.80. The van der Waals surface area contributed by atoms with Gasteiger partial charge in [-0.15, -0.1) is 0 Å². The number of aromatic nitrogens is 1. The van der Waals surface area contributed by atoms with Crippen molar-refractivity contribution in [3.63, 3.8) is 0 Å². The van der Waals surface area contributed by atoms with Gasteiger partial charge in [-0.25, -0.2) is 0 Å². The molecule has 2 aliphatic rings. The number of hydrogen-bond acceptors (Lipinski definition) is 3. The topological polar surface area (TPSA) is 46.5 Å². The van der Waals surface area contributed by atoms with E-state index in [0.29, 0.717) is 27.7 Å². The Kier molecular flexibility index (Phi) is 4.63. The second-order valence-electron chi connectivity index (χ2n) is 6.88. The number of hydrogen-bond donors (Lipinski definition) is 1.